The Kier molecular flexibility index (Phi) is 4.98. The Balaban J connectivity index is 1.92. The van der Waals surface area contributed by atoms with Gasteiger partial charge in [0.25, 0.3) is 0 Å². The highest BCUT2D eigenvalue weighted by molar-refractivity contribution is 7.09. The van der Waals surface area contributed by atoms with Gasteiger partial charge in [0.2, 0.25) is 0 Å². The molecule has 0 aromatic carbocycles. The molecule has 1 atom stereocenters. The van der Waals surface area contributed by atoms with E-state index in [4.69, 9.17) is 10.1 Å². The van der Waals surface area contributed by atoms with Crippen LogP contribution in [0.3, 0.4) is 0 Å². The van der Waals surface area contributed by atoms with Gasteiger partial charge in [-0.1, -0.05) is 20.8 Å². The molecule has 2 rings (SSSR count). The summed E-state index contributed by atoms with van der Waals surface area (Å²) in [5, 5.41) is 12.5. The molecule has 0 saturated carbocycles. The van der Waals surface area contributed by atoms with Crippen LogP contribution in [0.5, 0.6) is 0 Å². The highest BCUT2D eigenvalue weighted by Crippen LogP contribution is 2.26. The fraction of sp³-hybridized carbons (Fsp3) is 0.800. The fourth-order valence-corrected chi connectivity index (χ4v) is 3.69. The standard InChI is InChI=1S/C15H26N2OS/c1-15(2,3)13-11-19-14(16-13)10-17-7-4-5-12(9-17)6-8-18/h11-12,18H,4-10H2,1-3H3. The summed E-state index contributed by atoms with van der Waals surface area (Å²) in [5.74, 6) is 0.667. The van der Waals surface area contributed by atoms with Crippen molar-refractivity contribution in [2.24, 2.45) is 5.92 Å². The van der Waals surface area contributed by atoms with Crippen molar-refractivity contribution in [3.63, 3.8) is 0 Å². The van der Waals surface area contributed by atoms with Gasteiger partial charge >= 0.3 is 0 Å². The van der Waals surface area contributed by atoms with Crippen LogP contribution < -0.4 is 0 Å². The van der Waals surface area contributed by atoms with Gasteiger partial charge in [0.15, 0.2) is 0 Å². The normalized spacial score (nSPS) is 21.8. The SMILES string of the molecule is CC(C)(C)c1csc(CN2CCCC(CCO)C2)n1. The molecule has 0 radical (unpaired) electrons. The van der Waals surface area contributed by atoms with E-state index in [2.05, 4.69) is 31.1 Å². The Hall–Kier alpha value is -0.450. The first-order chi connectivity index (χ1) is 8.99. The van der Waals surface area contributed by atoms with Gasteiger partial charge < -0.3 is 5.11 Å². The molecule has 3 nitrogen and oxygen atoms in total. The number of hydrogen-bond donors (Lipinski definition) is 1. The maximum atomic E-state index is 9.06. The molecule has 108 valence electrons. The molecule has 0 spiro atoms. The lowest BCUT2D eigenvalue weighted by Crippen LogP contribution is -2.35. The van der Waals surface area contributed by atoms with E-state index in [1.54, 1.807) is 11.3 Å². The van der Waals surface area contributed by atoms with Crippen molar-refractivity contribution in [3.05, 3.63) is 16.1 Å². The first-order valence-electron chi connectivity index (χ1n) is 7.27. The number of aliphatic hydroxyl groups is 1. The summed E-state index contributed by atoms with van der Waals surface area (Å²) in [6.07, 6.45) is 3.46. The Morgan fingerprint density at radius 3 is 2.89 bits per heavy atom. The average molecular weight is 282 g/mol. The molecule has 0 amide bonds. The summed E-state index contributed by atoms with van der Waals surface area (Å²) >= 11 is 1.78. The van der Waals surface area contributed by atoms with E-state index in [-0.39, 0.29) is 5.41 Å². The van der Waals surface area contributed by atoms with Crippen molar-refractivity contribution in [3.8, 4) is 0 Å². The number of rotatable bonds is 4. The predicted octanol–water partition coefficient (Wildman–Crippen LogP) is 3.04. The summed E-state index contributed by atoms with van der Waals surface area (Å²) in [5.41, 5.74) is 1.35. The Morgan fingerprint density at radius 2 is 2.26 bits per heavy atom. The molecule has 1 aliphatic rings. The van der Waals surface area contributed by atoms with Gasteiger partial charge in [-0.3, -0.25) is 4.90 Å². The van der Waals surface area contributed by atoms with Gasteiger partial charge in [-0.2, -0.15) is 0 Å². The molecule has 1 saturated heterocycles. The maximum absolute atomic E-state index is 9.06. The number of piperidine rings is 1. The lowest BCUT2D eigenvalue weighted by Gasteiger charge is -2.31. The largest absolute Gasteiger partial charge is 0.396 e. The smallest absolute Gasteiger partial charge is 0.107 e. The van der Waals surface area contributed by atoms with Crippen LogP contribution in [0.15, 0.2) is 5.38 Å². The zero-order chi connectivity index (χ0) is 13.9. The molecule has 2 heterocycles. The van der Waals surface area contributed by atoms with Crippen LogP contribution in [-0.2, 0) is 12.0 Å². The van der Waals surface area contributed by atoms with Crippen molar-refractivity contribution >= 4 is 11.3 Å². The van der Waals surface area contributed by atoms with Crippen LogP contribution in [0.2, 0.25) is 0 Å². The second-order valence-corrected chi connectivity index (χ2v) is 7.57. The lowest BCUT2D eigenvalue weighted by molar-refractivity contribution is 0.142. The summed E-state index contributed by atoms with van der Waals surface area (Å²) in [4.78, 5) is 7.27. The topological polar surface area (TPSA) is 36.4 Å². The molecule has 0 bridgehead atoms. The quantitative estimate of drug-likeness (QED) is 0.922. The van der Waals surface area contributed by atoms with E-state index in [9.17, 15) is 0 Å². The van der Waals surface area contributed by atoms with E-state index in [1.165, 1.54) is 30.1 Å². The molecule has 1 unspecified atom stereocenters. The highest BCUT2D eigenvalue weighted by atomic mass is 32.1. The van der Waals surface area contributed by atoms with Crippen LogP contribution in [0, 0.1) is 5.92 Å². The van der Waals surface area contributed by atoms with E-state index >= 15 is 0 Å². The van der Waals surface area contributed by atoms with Crippen LogP contribution in [0.1, 0.15) is 50.7 Å². The molecule has 0 aliphatic carbocycles. The zero-order valence-corrected chi connectivity index (χ0v) is 13.2. The van der Waals surface area contributed by atoms with E-state index < -0.39 is 0 Å². The minimum Gasteiger partial charge on any atom is -0.396 e. The highest BCUT2D eigenvalue weighted by Gasteiger charge is 2.22. The van der Waals surface area contributed by atoms with Crippen molar-refractivity contribution in [2.75, 3.05) is 19.7 Å². The fourth-order valence-electron chi connectivity index (χ4n) is 2.63. The third-order valence-electron chi connectivity index (χ3n) is 3.82. The number of thiazole rings is 1. The summed E-state index contributed by atoms with van der Waals surface area (Å²) < 4.78 is 0. The summed E-state index contributed by atoms with van der Waals surface area (Å²) in [7, 11) is 0. The number of aromatic nitrogens is 1. The van der Waals surface area contributed by atoms with Crippen LogP contribution in [0.25, 0.3) is 0 Å². The van der Waals surface area contributed by atoms with Crippen LogP contribution in [0.4, 0.5) is 0 Å². The maximum Gasteiger partial charge on any atom is 0.107 e. The third kappa shape index (κ3) is 4.26. The third-order valence-corrected chi connectivity index (χ3v) is 4.65. The predicted molar refractivity (Wildman–Crippen MR) is 80.5 cm³/mol. The van der Waals surface area contributed by atoms with Gasteiger partial charge in [0.1, 0.15) is 5.01 Å². The summed E-state index contributed by atoms with van der Waals surface area (Å²) in [6.45, 7) is 10.2. The van der Waals surface area contributed by atoms with E-state index in [0.29, 0.717) is 12.5 Å². The van der Waals surface area contributed by atoms with Crippen molar-refractivity contribution in [1.82, 2.24) is 9.88 Å². The van der Waals surface area contributed by atoms with Gasteiger partial charge in [-0.25, -0.2) is 4.98 Å². The second kappa shape index (κ2) is 6.33. The molecular formula is C15H26N2OS. The molecule has 1 aromatic rings. The lowest BCUT2D eigenvalue weighted by atomic mass is 9.93. The monoisotopic (exact) mass is 282 g/mol. The molecule has 1 aromatic heterocycles. The van der Waals surface area contributed by atoms with Crippen molar-refractivity contribution in [1.29, 1.82) is 0 Å². The van der Waals surface area contributed by atoms with Crippen LogP contribution >= 0.6 is 11.3 Å². The van der Waals surface area contributed by atoms with E-state index in [0.717, 1.165) is 19.5 Å². The molecule has 1 N–H and O–H groups in total. The van der Waals surface area contributed by atoms with Crippen LogP contribution in [-0.4, -0.2) is 34.7 Å². The van der Waals surface area contributed by atoms with Gasteiger partial charge in [-0.15, -0.1) is 11.3 Å². The zero-order valence-electron chi connectivity index (χ0n) is 12.4. The van der Waals surface area contributed by atoms with Crippen molar-refractivity contribution < 1.29 is 5.11 Å². The van der Waals surface area contributed by atoms with Gasteiger partial charge in [-0.05, 0) is 31.7 Å². The summed E-state index contributed by atoms with van der Waals surface area (Å²) in [6, 6.07) is 0. The molecule has 4 heteroatoms. The Morgan fingerprint density at radius 1 is 1.47 bits per heavy atom. The van der Waals surface area contributed by atoms with Gasteiger partial charge in [0, 0.05) is 23.9 Å². The average Bonchev–Trinajstić information content (AvgIpc) is 2.78. The van der Waals surface area contributed by atoms with Crippen molar-refractivity contribution in [2.45, 2.75) is 52.0 Å². The minimum absolute atomic E-state index is 0.149. The first-order valence-corrected chi connectivity index (χ1v) is 8.15. The molecule has 19 heavy (non-hydrogen) atoms. The number of likely N-dealkylation sites (tertiary alicyclic amines) is 1. The van der Waals surface area contributed by atoms with E-state index in [1.807, 2.05) is 0 Å². The first kappa shape index (κ1) is 14.9. The second-order valence-electron chi connectivity index (χ2n) is 6.63. The Labute approximate surface area is 120 Å². The molecule has 1 aliphatic heterocycles. The minimum atomic E-state index is 0.149. The number of nitrogens with zero attached hydrogens (tertiary/aromatic N) is 2. The Bertz CT molecular complexity index is 395. The van der Waals surface area contributed by atoms with Gasteiger partial charge in [0.05, 0.1) is 12.2 Å². The number of hydrogen-bond acceptors (Lipinski definition) is 4. The molecular weight excluding hydrogens is 256 g/mol. The molecule has 1 fully saturated rings. The number of aliphatic hydroxyl groups excluding tert-OH is 1.